The van der Waals surface area contributed by atoms with Gasteiger partial charge in [-0.2, -0.15) is 10.2 Å². The maximum Gasteiger partial charge on any atom is 0.441 e. The van der Waals surface area contributed by atoms with Crippen LogP contribution in [0.25, 0.3) is 11.0 Å². The van der Waals surface area contributed by atoms with Gasteiger partial charge in [-0.1, -0.05) is 44.7 Å². The first-order valence-electron chi connectivity index (χ1n) is 12.9. The van der Waals surface area contributed by atoms with E-state index in [1.165, 1.54) is 12.8 Å². The number of piperidine rings is 1. The highest BCUT2D eigenvalue weighted by atomic mass is 16.4. The van der Waals surface area contributed by atoms with Crippen LogP contribution in [0.1, 0.15) is 64.7 Å². The van der Waals surface area contributed by atoms with Crippen LogP contribution in [0.2, 0.25) is 0 Å². The van der Waals surface area contributed by atoms with Crippen molar-refractivity contribution in [1.29, 1.82) is 5.26 Å². The van der Waals surface area contributed by atoms with Crippen molar-refractivity contribution in [2.24, 2.45) is 0 Å². The summed E-state index contributed by atoms with van der Waals surface area (Å²) in [5, 5.41) is 20.3. The summed E-state index contributed by atoms with van der Waals surface area (Å²) in [6, 6.07) is 9.66. The van der Waals surface area contributed by atoms with Gasteiger partial charge in [0.25, 0.3) is 5.91 Å². The molecule has 188 valence electrons. The van der Waals surface area contributed by atoms with Gasteiger partial charge in [0.05, 0.1) is 11.5 Å². The van der Waals surface area contributed by atoms with Gasteiger partial charge in [-0.25, -0.2) is 4.79 Å². The molecule has 1 atom stereocenters. The highest BCUT2D eigenvalue weighted by Gasteiger charge is 2.38. The van der Waals surface area contributed by atoms with Gasteiger partial charge in [0.1, 0.15) is 16.9 Å². The molecule has 1 aromatic heterocycles. The Bertz CT molecular complexity index is 1090. The molecule has 0 spiro atoms. The van der Waals surface area contributed by atoms with Gasteiger partial charge >= 0.3 is 5.76 Å². The van der Waals surface area contributed by atoms with Crippen molar-refractivity contribution < 1.29 is 9.21 Å². The van der Waals surface area contributed by atoms with E-state index in [4.69, 9.17) is 4.42 Å². The van der Waals surface area contributed by atoms with Crippen LogP contribution in [0.3, 0.4) is 0 Å². The average Bonchev–Trinajstić information content (AvgIpc) is 3.13. The minimum Gasteiger partial charge on any atom is -0.408 e. The zero-order chi connectivity index (χ0) is 24.7. The maximum absolute atomic E-state index is 13.6. The summed E-state index contributed by atoms with van der Waals surface area (Å²) < 4.78 is 5.22. The molecule has 1 unspecified atom stereocenters. The third-order valence-corrected chi connectivity index (χ3v) is 7.17. The number of aromatic nitrogens is 1. The lowest BCUT2D eigenvalue weighted by atomic mass is 9.88. The number of nitrogens with zero attached hydrogens (tertiary/aromatic N) is 3. The zero-order valence-electron chi connectivity index (χ0n) is 20.5. The Balaban J connectivity index is 1.56. The van der Waals surface area contributed by atoms with E-state index in [0.717, 1.165) is 51.7 Å². The average molecular weight is 481 g/mol. The van der Waals surface area contributed by atoms with Gasteiger partial charge in [-0.15, -0.1) is 0 Å². The molecule has 9 heteroatoms. The first-order chi connectivity index (χ1) is 17.0. The third-order valence-electron chi connectivity index (χ3n) is 7.17. The number of carbonyl (C=O) groups is 1. The molecule has 2 aliphatic rings. The van der Waals surface area contributed by atoms with Gasteiger partial charge in [-0.3, -0.25) is 10.1 Å². The second-order valence-electron chi connectivity index (χ2n) is 9.78. The Labute approximate surface area is 206 Å². The molecule has 2 aromatic rings. The number of nitriles is 1. The van der Waals surface area contributed by atoms with E-state index in [2.05, 4.69) is 38.8 Å². The lowest BCUT2D eigenvalue weighted by molar-refractivity contribution is -0.124. The molecule has 0 radical (unpaired) electrons. The normalized spacial score (nSPS) is 20.0. The van der Waals surface area contributed by atoms with Crippen LogP contribution in [-0.2, 0) is 4.79 Å². The molecule has 2 heterocycles. The molecule has 1 aromatic carbocycles. The van der Waals surface area contributed by atoms with Crippen LogP contribution < -0.4 is 21.7 Å². The SMILES string of the molecule is CCCN1CCC(C#N)(NC(=O)C(Nc2nc(=O)oc3ccccc23)NC2CCCCCC2)CC1. The smallest absolute Gasteiger partial charge is 0.408 e. The molecule has 1 aliphatic carbocycles. The number of rotatable bonds is 8. The Morgan fingerprint density at radius 3 is 2.63 bits per heavy atom. The second kappa shape index (κ2) is 11.6. The number of carbonyl (C=O) groups excluding carboxylic acids is 1. The molecule has 1 amide bonds. The van der Waals surface area contributed by atoms with Gasteiger partial charge in [-0.05, 0) is 50.8 Å². The van der Waals surface area contributed by atoms with Crippen molar-refractivity contribution in [2.75, 3.05) is 25.0 Å². The summed E-state index contributed by atoms with van der Waals surface area (Å²) in [5.41, 5.74) is -0.502. The van der Waals surface area contributed by atoms with E-state index in [9.17, 15) is 14.9 Å². The van der Waals surface area contributed by atoms with Crippen molar-refractivity contribution in [2.45, 2.75) is 82.5 Å². The summed E-state index contributed by atoms with van der Waals surface area (Å²) in [7, 11) is 0. The predicted octanol–water partition coefficient (Wildman–Crippen LogP) is 3.12. The van der Waals surface area contributed by atoms with Crippen molar-refractivity contribution in [3.8, 4) is 6.07 Å². The fourth-order valence-electron chi connectivity index (χ4n) is 5.18. The van der Waals surface area contributed by atoms with E-state index in [-0.39, 0.29) is 11.9 Å². The number of anilines is 1. The van der Waals surface area contributed by atoms with E-state index >= 15 is 0 Å². The molecule has 35 heavy (non-hydrogen) atoms. The molecular formula is C26H36N6O3. The van der Waals surface area contributed by atoms with Crippen molar-refractivity contribution in [3.63, 3.8) is 0 Å². The summed E-state index contributed by atoms with van der Waals surface area (Å²) in [4.78, 5) is 32.1. The second-order valence-corrected chi connectivity index (χ2v) is 9.78. The van der Waals surface area contributed by atoms with Crippen molar-refractivity contribution in [3.05, 3.63) is 34.8 Å². The summed E-state index contributed by atoms with van der Waals surface area (Å²) in [6.45, 7) is 4.70. The molecule has 9 nitrogen and oxygen atoms in total. The fraction of sp³-hybridized carbons (Fsp3) is 0.615. The molecule has 4 rings (SSSR count). The van der Waals surface area contributed by atoms with Crippen LogP contribution in [0.15, 0.2) is 33.5 Å². The molecule has 3 N–H and O–H groups in total. The van der Waals surface area contributed by atoms with Crippen LogP contribution in [0.4, 0.5) is 5.82 Å². The van der Waals surface area contributed by atoms with Crippen molar-refractivity contribution in [1.82, 2.24) is 20.5 Å². The van der Waals surface area contributed by atoms with Crippen molar-refractivity contribution >= 4 is 22.7 Å². The number of fused-ring (bicyclic) bond motifs is 1. The fourth-order valence-corrected chi connectivity index (χ4v) is 5.18. The number of amides is 1. The van der Waals surface area contributed by atoms with Crippen LogP contribution in [0, 0.1) is 11.3 Å². The molecule has 2 fully saturated rings. The number of para-hydroxylation sites is 1. The van der Waals surface area contributed by atoms with Crippen LogP contribution >= 0.6 is 0 Å². The Morgan fingerprint density at radius 1 is 1.23 bits per heavy atom. The van der Waals surface area contributed by atoms with Gasteiger partial charge in [0.15, 0.2) is 6.17 Å². The first kappa shape index (κ1) is 25.1. The van der Waals surface area contributed by atoms with E-state index in [1.807, 2.05) is 6.07 Å². The number of hydrogen-bond acceptors (Lipinski definition) is 8. The molecule has 1 saturated carbocycles. The first-order valence-corrected chi connectivity index (χ1v) is 12.9. The molecule has 1 saturated heterocycles. The molecule has 1 aliphatic heterocycles. The standard InChI is InChI=1S/C26H36N6O3/c1-2-15-32-16-13-26(18-27,14-17-32)31-24(33)23(28-19-9-5-3-4-6-10-19)29-22-20-11-7-8-12-21(20)35-25(34)30-22/h7-8,11-12,19,23,28H,2-6,9-10,13-17H2,1H3,(H,31,33)(H,29,30,34). The Hall–Kier alpha value is -2.96. The van der Waals surface area contributed by atoms with Crippen LogP contribution in [0.5, 0.6) is 0 Å². The summed E-state index contributed by atoms with van der Waals surface area (Å²) in [6.07, 6.45) is 7.96. The minimum absolute atomic E-state index is 0.163. The number of hydrogen-bond donors (Lipinski definition) is 3. The number of nitrogens with one attached hydrogen (secondary N) is 3. The molecule has 0 bridgehead atoms. The summed E-state index contributed by atoms with van der Waals surface area (Å²) in [5.74, 6) is -0.739. The van der Waals surface area contributed by atoms with E-state index in [1.54, 1.807) is 18.2 Å². The predicted molar refractivity (Wildman–Crippen MR) is 135 cm³/mol. The lowest BCUT2D eigenvalue weighted by Gasteiger charge is -2.38. The zero-order valence-corrected chi connectivity index (χ0v) is 20.5. The van der Waals surface area contributed by atoms with Gasteiger partial charge < -0.3 is 20.0 Å². The topological polar surface area (TPSA) is 123 Å². The Kier molecular flexibility index (Phi) is 8.37. The number of benzene rings is 1. The van der Waals surface area contributed by atoms with E-state index in [0.29, 0.717) is 29.6 Å². The van der Waals surface area contributed by atoms with Gasteiger partial charge in [0.2, 0.25) is 0 Å². The lowest BCUT2D eigenvalue weighted by Crippen LogP contribution is -2.61. The number of likely N-dealkylation sites (tertiary alicyclic amines) is 1. The Morgan fingerprint density at radius 2 is 1.94 bits per heavy atom. The highest BCUT2D eigenvalue weighted by Crippen LogP contribution is 2.24. The van der Waals surface area contributed by atoms with Gasteiger partial charge in [0, 0.05) is 19.1 Å². The minimum atomic E-state index is -0.905. The van der Waals surface area contributed by atoms with E-state index < -0.39 is 17.5 Å². The quantitative estimate of drug-likeness (QED) is 0.389. The molecular weight excluding hydrogens is 444 g/mol. The summed E-state index contributed by atoms with van der Waals surface area (Å²) >= 11 is 0. The van der Waals surface area contributed by atoms with Crippen LogP contribution in [-0.4, -0.2) is 53.2 Å². The maximum atomic E-state index is 13.6. The monoisotopic (exact) mass is 480 g/mol. The third kappa shape index (κ3) is 6.38. The largest absolute Gasteiger partial charge is 0.441 e. The highest BCUT2D eigenvalue weighted by molar-refractivity contribution is 5.91.